The molecule has 5 rings (SSSR count). The molecule has 33 heavy (non-hydrogen) atoms. The molecule has 0 saturated carbocycles. The zero-order valence-corrected chi connectivity index (χ0v) is 19.6. The van der Waals surface area contributed by atoms with Gasteiger partial charge < -0.3 is 15.3 Å². The minimum absolute atomic E-state index is 0.0343. The van der Waals surface area contributed by atoms with Crippen LogP contribution in [-0.2, 0) is 9.59 Å². The lowest BCUT2D eigenvalue weighted by Crippen LogP contribution is -2.56. The molecule has 3 aliphatic rings. The number of carbonyl (C=O) groups is 2. The Hall–Kier alpha value is -3.00. The average molecular weight is 452 g/mol. The first-order chi connectivity index (χ1) is 15.8. The number of nitrogens with one attached hydrogen (secondary N) is 1. The van der Waals surface area contributed by atoms with Gasteiger partial charge in [0.25, 0.3) is 0 Å². The van der Waals surface area contributed by atoms with Crippen molar-refractivity contribution < 1.29 is 14.7 Å². The third kappa shape index (κ3) is 5.50. The molecule has 1 amide bonds. The second kappa shape index (κ2) is 9.87. The van der Waals surface area contributed by atoms with Gasteiger partial charge in [0.05, 0.1) is 12.1 Å². The number of amides is 1. The van der Waals surface area contributed by atoms with E-state index >= 15 is 0 Å². The Morgan fingerprint density at radius 3 is 2.58 bits per heavy atom. The van der Waals surface area contributed by atoms with Crippen LogP contribution < -0.4 is 10.2 Å². The standard InChI is InChI=1S/C25H33N5O3/c1-16-27-22(17-4-6-19(7-5-17)29(2)3)13-23(28-16)21-15-30-11-10-18(21)12-20(30)14-26-24(31)8-9-25(32)33/h4-7,13,18,20-21H,8-12,14-15H2,1-3H3,(H,26,31)(H,32,33)/t18-,20+,21+/m0/s1. The van der Waals surface area contributed by atoms with E-state index in [0.29, 0.717) is 24.4 Å². The van der Waals surface area contributed by atoms with Crippen LogP contribution in [0.25, 0.3) is 11.3 Å². The van der Waals surface area contributed by atoms with Gasteiger partial charge in [0.2, 0.25) is 5.91 Å². The fourth-order valence-electron chi connectivity index (χ4n) is 5.09. The zero-order chi connectivity index (χ0) is 23.5. The SMILES string of the molecule is Cc1nc(-c2ccc(N(C)C)cc2)cc([C@@H]2CN3CC[C@H]2C[C@@H]3CNC(=O)CCC(=O)O)n1. The molecule has 176 valence electrons. The molecule has 2 N–H and O–H groups in total. The van der Waals surface area contributed by atoms with E-state index in [-0.39, 0.29) is 18.7 Å². The van der Waals surface area contributed by atoms with Crippen LogP contribution in [0.2, 0.25) is 0 Å². The number of nitrogens with zero attached hydrogens (tertiary/aromatic N) is 4. The quantitative estimate of drug-likeness (QED) is 0.637. The predicted octanol–water partition coefficient (Wildman–Crippen LogP) is 2.68. The van der Waals surface area contributed by atoms with Crippen molar-refractivity contribution in [1.82, 2.24) is 20.2 Å². The Morgan fingerprint density at radius 2 is 1.94 bits per heavy atom. The van der Waals surface area contributed by atoms with Crippen molar-refractivity contribution in [2.24, 2.45) is 5.92 Å². The zero-order valence-electron chi connectivity index (χ0n) is 19.6. The van der Waals surface area contributed by atoms with Crippen LogP contribution in [-0.4, -0.2) is 71.6 Å². The topological polar surface area (TPSA) is 98.7 Å². The number of rotatable bonds is 8. The summed E-state index contributed by atoms with van der Waals surface area (Å²) < 4.78 is 0. The highest BCUT2D eigenvalue weighted by Crippen LogP contribution is 2.41. The number of aromatic nitrogens is 2. The van der Waals surface area contributed by atoms with Crippen molar-refractivity contribution in [3.63, 3.8) is 0 Å². The molecular formula is C25H33N5O3. The number of carboxylic acids is 1. The van der Waals surface area contributed by atoms with Crippen LogP contribution in [0.1, 0.15) is 43.1 Å². The van der Waals surface area contributed by atoms with Crippen molar-refractivity contribution in [2.45, 2.75) is 44.6 Å². The molecular weight excluding hydrogens is 418 g/mol. The summed E-state index contributed by atoms with van der Waals surface area (Å²) >= 11 is 0. The first-order valence-corrected chi connectivity index (χ1v) is 11.7. The smallest absolute Gasteiger partial charge is 0.303 e. The van der Waals surface area contributed by atoms with Crippen molar-refractivity contribution in [2.75, 3.05) is 38.6 Å². The van der Waals surface area contributed by atoms with Gasteiger partial charge in [0.1, 0.15) is 5.82 Å². The fraction of sp³-hybridized carbons (Fsp3) is 0.520. The van der Waals surface area contributed by atoms with Gasteiger partial charge in [-0.3, -0.25) is 14.5 Å². The Kier molecular flexibility index (Phi) is 6.93. The van der Waals surface area contributed by atoms with E-state index < -0.39 is 5.97 Å². The maximum atomic E-state index is 11.9. The number of hydrogen-bond acceptors (Lipinski definition) is 6. The lowest BCUT2D eigenvalue weighted by molar-refractivity contribution is -0.138. The van der Waals surface area contributed by atoms with E-state index in [1.54, 1.807) is 0 Å². The largest absolute Gasteiger partial charge is 0.481 e. The van der Waals surface area contributed by atoms with Crippen LogP contribution in [0.3, 0.4) is 0 Å². The second-order valence-electron chi connectivity index (χ2n) is 9.40. The summed E-state index contributed by atoms with van der Waals surface area (Å²) in [6.45, 7) is 4.49. The summed E-state index contributed by atoms with van der Waals surface area (Å²) in [5, 5.41) is 11.7. The predicted molar refractivity (Wildman–Crippen MR) is 127 cm³/mol. The first kappa shape index (κ1) is 23.2. The van der Waals surface area contributed by atoms with Gasteiger partial charge in [-0.15, -0.1) is 0 Å². The summed E-state index contributed by atoms with van der Waals surface area (Å²) in [5.74, 6) is 0.542. The van der Waals surface area contributed by atoms with Gasteiger partial charge >= 0.3 is 5.97 Å². The number of hydrogen-bond donors (Lipinski definition) is 2. The van der Waals surface area contributed by atoms with Crippen LogP contribution in [0.4, 0.5) is 5.69 Å². The van der Waals surface area contributed by atoms with Gasteiger partial charge in [-0.25, -0.2) is 9.97 Å². The summed E-state index contributed by atoms with van der Waals surface area (Å²) in [6, 6.07) is 10.9. The number of aryl methyl sites for hydroxylation is 1. The van der Waals surface area contributed by atoms with E-state index in [0.717, 1.165) is 54.4 Å². The van der Waals surface area contributed by atoms with Crippen molar-refractivity contribution in [3.8, 4) is 11.3 Å². The third-order valence-corrected chi connectivity index (χ3v) is 6.90. The minimum atomic E-state index is -0.943. The Balaban J connectivity index is 1.43. The molecule has 2 aromatic rings. The molecule has 0 radical (unpaired) electrons. The molecule has 8 nitrogen and oxygen atoms in total. The molecule has 3 saturated heterocycles. The third-order valence-electron chi connectivity index (χ3n) is 6.90. The van der Waals surface area contributed by atoms with Crippen molar-refractivity contribution in [1.29, 1.82) is 0 Å². The first-order valence-electron chi connectivity index (χ1n) is 11.7. The maximum Gasteiger partial charge on any atom is 0.303 e. The summed E-state index contributed by atoms with van der Waals surface area (Å²) in [4.78, 5) is 36.7. The molecule has 3 aliphatic heterocycles. The molecule has 1 aromatic heterocycles. The molecule has 1 unspecified atom stereocenters. The van der Waals surface area contributed by atoms with Crippen LogP contribution in [0.15, 0.2) is 30.3 Å². The normalized spacial score (nSPS) is 23.8. The van der Waals surface area contributed by atoms with Gasteiger partial charge in [0, 0.05) is 62.5 Å². The lowest BCUT2D eigenvalue weighted by atomic mass is 9.74. The second-order valence-corrected chi connectivity index (χ2v) is 9.40. The lowest BCUT2D eigenvalue weighted by Gasteiger charge is -2.49. The highest BCUT2D eigenvalue weighted by Gasteiger charge is 2.41. The molecule has 2 bridgehead atoms. The molecule has 1 aromatic carbocycles. The van der Waals surface area contributed by atoms with Crippen molar-refractivity contribution >= 4 is 17.6 Å². The van der Waals surface area contributed by atoms with Crippen LogP contribution >= 0.6 is 0 Å². The number of fused-ring (bicyclic) bond motifs is 3. The highest BCUT2D eigenvalue weighted by molar-refractivity contribution is 5.80. The fourth-order valence-corrected chi connectivity index (χ4v) is 5.09. The van der Waals surface area contributed by atoms with E-state index in [4.69, 9.17) is 15.1 Å². The summed E-state index contributed by atoms with van der Waals surface area (Å²) in [6.07, 6.45) is 2.05. The monoisotopic (exact) mass is 451 g/mol. The Morgan fingerprint density at radius 1 is 1.18 bits per heavy atom. The highest BCUT2D eigenvalue weighted by atomic mass is 16.4. The molecule has 4 atom stereocenters. The van der Waals surface area contributed by atoms with E-state index in [1.807, 2.05) is 21.0 Å². The van der Waals surface area contributed by atoms with Crippen LogP contribution in [0.5, 0.6) is 0 Å². The van der Waals surface area contributed by atoms with Gasteiger partial charge in [-0.05, 0) is 50.4 Å². The molecule has 0 aliphatic carbocycles. The number of piperidine rings is 3. The van der Waals surface area contributed by atoms with E-state index in [9.17, 15) is 9.59 Å². The Bertz CT molecular complexity index is 1010. The molecule has 0 spiro atoms. The van der Waals surface area contributed by atoms with E-state index in [2.05, 4.69) is 45.4 Å². The van der Waals surface area contributed by atoms with Gasteiger partial charge in [0.15, 0.2) is 0 Å². The van der Waals surface area contributed by atoms with E-state index in [1.165, 1.54) is 0 Å². The number of carboxylic acid groups (broad SMARTS) is 1. The maximum absolute atomic E-state index is 11.9. The Labute approximate surface area is 195 Å². The number of benzene rings is 1. The van der Waals surface area contributed by atoms with Gasteiger partial charge in [-0.1, -0.05) is 12.1 Å². The molecule has 4 heterocycles. The van der Waals surface area contributed by atoms with Crippen LogP contribution in [0, 0.1) is 12.8 Å². The summed E-state index contributed by atoms with van der Waals surface area (Å²) in [5.41, 5.74) is 4.31. The molecule has 3 fully saturated rings. The minimum Gasteiger partial charge on any atom is -0.481 e. The number of anilines is 1. The number of aliphatic carboxylic acids is 1. The van der Waals surface area contributed by atoms with Crippen molar-refractivity contribution in [3.05, 3.63) is 41.9 Å². The average Bonchev–Trinajstić information content (AvgIpc) is 2.81. The van der Waals surface area contributed by atoms with Gasteiger partial charge in [-0.2, -0.15) is 0 Å². The summed E-state index contributed by atoms with van der Waals surface area (Å²) in [7, 11) is 4.06. The number of carbonyl (C=O) groups excluding carboxylic acids is 1. The molecule has 8 heteroatoms.